The minimum Gasteiger partial charge on any atom is -0.461 e. The van der Waals surface area contributed by atoms with Gasteiger partial charge in [0.15, 0.2) is 11.5 Å². The molecule has 0 atom stereocenters. The van der Waals surface area contributed by atoms with Gasteiger partial charge in [-0.25, -0.2) is 0 Å². The predicted octanol–water partition coefficient (Wildman–Crippen LogP) is 2.59. The molecule has 0 unspecified atom stereocenters. The number of benzene rings is 1. The maximum Gasteiger partial charge on any atom is 0.223 e. The average Bonchev–Trinajstić information content (AvgIpc) is 3.16. The molecule has 0 spiro atoms. The number of hydrogen-bond donors (Lipinski definition) is 0. The van der Waals surface area contributed by atoms with Crippen molar-refractivity contribution >= 4 is 11.7 Å². The van der Waals surface area contributed by atoms with Crippen molar-refractivity contribution in [1.82, 2.24) is 9.80 Å². The molecule has 1 amide bonds. The second-order valence-corrected chi connectivity index (χ2v) is 6.04. The molecular weight excluding hydrogens is 304 g/mol. The van der Waals surface area contributed by atoms with Gasteiger partial charge in [0.2, 0.25) is 5.91 Å². The summed E-state index contributed by atoms with van der Waals surface area (Å²) in [4.78, 5) is 28.3. The number of furan rings is 1. The third-order valence-electron chi connectivity index (χ3n) is 4.34. The van der Waals surface area contributed by atoms with Crippen LogP contribution in [0, 0.1) is 0 Å². The fourth-order valence-corrected chi connectivity index (χ4v) is 2.94. The van der Waals surface area contributed by atoms with E-state index in [1.807, 2.05) is 23.1 Å². The molecule has 1 aliphatic rings. The molecule has 2 heterocycles. The summed E-state index contributed by atoms with van der Waals surface area (Å²) in [5.41, 5.74) is 1.29. The van der Waals surface area contributed by atoms with Crippen LogP contribution in [0.25, 0.3) is 0 Å². The van der Waals surface area contributed by atoms with E-state index in [0.29, 0.717) is 5.76 Å². The Morgan fingerprint density at radius 2 is 1.67 bits per heavy atom. The molecule has 0 aliphatic carbocycles. The molecule has 1 aromatic carbocycles. The Labute approximate surface area is 141 Å². The summed E-state index contributed by atoms with van der Waals surface area (Å²) >= 11 is 0. The van der Waals surface area contributed by atoms with Crippen LogP contribution in [0.3, 0.4) is 0 Å². The van der Waals surface area contributed by atoms with E-state index in [2.05, 4.69) is 17.0 Å². The summed E-state index contributed by atoms with van der Waals surface area (Å²) in [6.45, 7) is 4.10. The molecule has 1 saturated heterocycles. The number of Topliss-reactive ketones (excluding diaryl/α,β-unsaturated/α-hetero) is 1. The Morgan fingerprint density at radius 1 is 0.917 bits per heavy atom. The fraction of sp³-hybridized carbons (Fsp3) is 0.368. The van der Waals surface area contributed by atoms with Crippen LogP contribution >= 0.6 is 0 Å². The van der Waals surface area contributed by atoms with E-state index in [9.17, 15) is 9.59 Å². The van der Waals surface area contributed by atoms with E-state index in [4.69, 9.17) is 4.42 Å². The normalized spacial score (nSPS) is 15.4. The summed E-state index contributed by atoms with van der Waals surface area (Å²) in [7, 11) is 0. The Bertz CT molecular complexity index is 659. The van der Waals surface area contributed by atoms with Gasteiger partial charge in [-0.1, -0.05) is 30.3 Å². The number of ketones is 1. The van der Waals surface area contributed by atoms with Gasteiger partial charge in [-0.05, 0) is 17.7 Å². The first-order chi connectivity index (χ1) is 11.7. The third kappa shape index (κ3) is 4.32. The van der Waals surface area contributed by atoms with E-state index in [1.54, 1.807) is 12.1 Å². The predicted molar refractivity (Wildman–Crippen MR) is 90.6 cm³/mol. The first-order valence-electron chi connectivity index (χ1n) is 8.33. The Balaban J connectivity index is 1.41. The van der Waals surface area contributed by atoms with E-state index in [0.717, 1.165) is 32.7 Å². The van der Waals surface area contributed by atoms with E-state index >= 15 is 0 Å². The number of rotatable bonds is 6. The van der Waals surface area contributed by atoms with Crippen LogP contribution in [0.4, 0.5) is 0 Å². The minimum absolute atomic E-state index is 0.0502. The molecule has 0 radical (unpaired) electrons. The van der Waals surface area contributed by atoms with Crippen LogP contribution in [0.15, 0.2) is 53.1 Å². The molecule has 24 heavy (non-hydrogen) atoms. The molecule has 1 fully saturated rings. The largest absolute Gasteiger partial charge is 0.461 e. The van der Waals surface area contributed by atoms with Crippen molar-refractivity contribution in [1.29, 1.82) is 0 Å². The van der Waals surface area contributed by atoms with Gasteiger partial charge in [0, 0.05) is 45.6 Å². The van der Waals surface area contributed by atoms with Crippen molar-refractivity contribution in [3.8, 4) is 0 Å². The van der Waals surface area contributed by atoms with Crippen LogP contribution < -0.4 is 0 Å². The zero-order chi connectivity index (χ0) is 16.8. The summed E-state index contributed by atoms with van der Waals surface area (Å²) in [6, 6.07) is 13.7. The molecule has 0 saturated carbocycles. The number of hydrogen-bond acceptors (Lipinski definition) is 4. The second kappa shape index (κ2) is 7.93. The van der Waals surface area contributed by atoms with Gasteiger partial charge in [0.1, 0.15) is 0 Å². The third-order valence-corrected chi connectivity index (χ3v) is 4.34. The molecule has 0 bridgehead atoms. The maximum absolute atomic E-state index is 12.3. The number of carbonyl (C=O) groups excluding carboxylic acids is 2. The lowest BCUT2D eigenvalue weighted by atomic mass is 10.1. The van der Waals surface area contributed by atoms with Gasteiger partial charge in [-0.3, -0.25) is 14.5 Å². The lowest BCUT2D eigenvalue weighted by Gasteiger charge is -2.34. The zero-order valence-corrected chi connectivity index (χ0v) is 13.7. The SMILES string of the molecule is O=C(CCC(=O)N1CCN(Cc2ccccc2)CC1)c1ccco1. The molecule has 5 heteroatoms. The smallest absolute Gasteiger partial charge is 0.223 e. The molecular formula is C19H22N2O3. The van der Waals surface area contributed by atoms with Gasteiger partial charge in [0.05, 0.1) is 6.26 Å². The lowest BCUT2D eigenvalue weighted by Crippen LogP contribution is -2.48. The second-order valence-electron chi connectivity index (χ2n) is 6.04. The zero-order valence-electron chi connectivity index (χ0n) is 13.7. The number of amides is 1. The first kappa shape index (κ1) is 16.5. The van der Waals surface area contributed by atoms with Gasteiger partial charge in [0.25, 0.3) is 0 Å². The molecule has 1 aromatic heterocycles. The van der Waals surface area contributed by atoms with Crippen LogP contribution in [0.2, 0.25) is 0 Å². The van der Waals surface area contributed by atoms with Gasteiger partial charge in [-0.15, -0.1) is 0 Å². The Morgan fingerprint density at radius 3 is 2.33 bits per heavy atom. The topological polar surface area (TPSA) is 53.8 Å². The van der Waals surface area contributed by atoms with Crippen LogP contribution in [-0.4, -0.2) is 47.7 Å². The van der Waals surface area contributed by atoms with Crippen molar-refractivity contribution in [2.75, 3.05) is 26.2 Å². The van der Waals surface area contributed by atoms with E-state index < -0.39 is 0 Å². The first-order valence-corrected chi connectivity index (χ1v) is 8.33. The summed E-state index contributed by atoms with van der Waals surface area (Å²) in [5.74, 6) is 0.265. The fourth-order valence-electron chi connectivity index (χ4n) is 2.94. The summed E-state index contributed by atoms with van der Waals surface area (Å²) in [6.07, 6.45) is 1.93. The highest BCUT2D eigenvalue weighted by Crippen LogP contribution is 2.11. The van der Waals surface area contributed by atoms with Crippen molar-refractivity contribution < 1.29 is 14.0 Å². The van der Waals surface area contributed by atoms with Gasteiger partial charge >= 0.3 is 0 Å². The monoisotopic (exact) mass is 326 g/mol. The minimum atomic E-state index is -0.115. The highest BCUT2D eigenvalue weighted by atomic mass is 16.3. The van der Waals surface area contributed by atoms with Crippen molar-refractivity contribution in [2.24, 2.45) is 0 Å². The van der Waals surface area contributed by atoms with Crippen LogP contribution in [0.5, 0.6) is 0 Å². The molecule has 5 nitrogen and oxygen atoms in total. The number of nitrogens with zero attached hydrogens (tertiary/aromatic N) is 2. The molecule has 3 rings (SSSR count). The number of carbonyl (C=O) groups is 2. The summed E-state index contributed by atoms with van der Waals surface area (Å²) < 4.78 is 5.06. The van der Waals surface area contributed by atoms with Crippen LogP contribution in [-0.2, 0) is 11.3 Å². The maximum atomic E-state index is 12.3. The van der Waals surface area contributed by atoms with Gasteiger partial charge < -0.3 is 9.32 Å². The average molecular weight is 326 g/mol. The summed E-state index contributed by atoms with van der Waals surface area (Å²) in [5, 5.41) is 0. The van der Waals surface area contributed by atoms with Crippen molar-refractivity contribution in [3.63, 3.8) is 0 Å². The van der Waals surface area contributed by atoms with Crippen molar-refractivity contribution in [3.05, 3.63) is 60.1 Å². The molecule has 1 aliphatic heterocycles. The Hall–Kier alpha value is -2.40. The van der Waals surface area contributed by atoms with Crippen molar-refractivity contribution in [2.45, 2.75) is 19.4 Å². The molecule has 126 valence electrons. The number of piperazine rings is 1. The molecule has 0 N–H and O–H groups in total. The highest BCUT2D eigenvalue weighted by Gasteiger charge is 2.22. The standard InChI is InChI=1S/C19H22N2O3/c22-17(18-7-4-14-24-18)8-9-19(23)21-12-10-20(11-13-21)15-16-5-2-1-3-6-16/h1-7,14H,8-13,15H2. The van der Waals surface area contributed by atoms with Gasteiger partial charge in [-0.2, -0.15) is 0 Å². The van der Waals surface area contributed by atoms with Crippen LogP contribution in [0.1, 0.15) is 29.0 Å². The molecule has 2 aromatic rings. The highest BCUT2D eigenvalue weighted by molar-refractivity contribution is 5.95. The van der Waals surface area contributed by atoms with E-state index in [1.165, 1.54) is 11.8 Å². The Kier molecular flexibility index (Phi) is 5.43. The lowest BCUT2D eigenvalue weighted by molar-refractivity contribution is -0.133. The van der Waals surface area contributed by atoms with E-state index in [-0.39, 0.29) is 24.5 Å². The quantitative estimate of drug-likeness (QED) is 0.766.